The van der Waals surface area contributed by atoms with E-state index in [1.165, 1.54) is 0 Å². The molecule has 0 heterocycles. The van der Waals surface area contributed by atoms with Crippen LogP contribution in [0.2, 0.25) is 32.7 Å². The number of esters is 1. The van der Waals surface area contributed by atoms with Crippen LogP contribution in [0.25, 0.3) is 0 Å². The second-order valence-corrected chi connectivity index (χ2v) is 18.0. The first-order valence-corrected chi connectivity index (χ1v) is 14.7. The first-order chi connectivity index (χ1) is 9.66. The Morgan fingerprint density at radius 3 is 1.68 bits per heavy atom. The SMILES string of the molecule is C=C(C)C(=O)OC(C)(CC)[Si](C)(C)OC(C)(CC)[Si](C)(C)C. The summed E-state index contributed by atoms with van der Waals surface area (Å²) in [5, 5.41) is -0.673. The van der Waals surface area contributed by atoms with Gasteiger partial charge in [-0.2, -0.15) is 0 Å². The van der Waals surface area contributed by atoms with Gasteiger partial charge in [-0.15, -0.1) is 0 Å². The second-order valence-electron chi connectivity index (χ2n) is 8.20. The third-order valence-electron chi connectivity index (χ3n) is 5.36. The van der Waals surface area contributed by atoms with Gasteiger partial charge < -0.3 is 9.16 Å². The minimum Gasteiger partial charge on any atom is -0.457 e. The molecule has 0 aliphatic rings. The van der Waals surface area contributed by atoms with Crippen LogP contribution in [0.15, 0.2) is 12.2 Å². The van der Waals surface area contributed by atoms with Gasteiger partial charge in [-0.05, 0) is 46.7 Å². The Kier molecular flexibility index (Phi) is 6.89. The third-order valence-corrected chi connectivity index (χ3v) is 13.2. The summed E-state index contributed by atoms with van der Waals surface area (Å²) in [5.74, 6) is -0.320. The average Bonchev–Trinajstić information content (AvgIpc) is 2.35. The van der Waals surface area contributed by atoms with E-state index in [0.717, 1.165) is 12.8 Å². The molecule has 0 aromatic rings. The van der Waals surface area contributed by atoms with E-state index in [4.69, 9.17) is 9.16 Å². The summed E-state index contributed by atoms with van der Waals surface area (Å²) in [4.78, 5) is 12.0. The topological polar surface area (TPSA) is 35.5 Å². The standard InChI is InChI=1S/C17H36O3Si2/c1-12-16(5,19-15(18)14(3)4)22(10,11)20-17(6,13-2)21(7,8)9/h3,12-13H2,1-2,4-11H3. The van der Waals surface area contributed by atoms with E-state index in [-0.39, 0.29) is 11.2 Å². The maximum Gasteiger partial charge on any atom is 0.333 e. The quantitative estimate of drug-likeness (QED) is 0.350. The van der Waals surface area contributed by atoms with Crippen LogP contribution in [0.1, 0.15) is 47.5 Å². The van der Waals surface area contributed by atoms with Crippen LogP contribution in [0.3, 0.4) is 0 Å². The Balaban J connectivity index is 5.57. The molecule has 0 aliphatic carbocycles. The van der Waals surface area contributed by atoms with Crippen molar-refractivity contribution in [3.05, 3.63) is 12.2 Å². The van der Waals surface area contributed by atoms with Crippen LogP contribution < -0.4 is 0 Å². The first-order valence-electron chi connectivity index (χ1n) is 8.25. The zero-order valence-electron chi connectivity index (χ0n) is 16.3. The Morgan fingerprint density at radius 1 is 1.00 bits per heavy atom. The van der Waals surface area contributed by atoms with E-state index in [1.54, 1.807) is 6.92 Å². The highest BCUT2D eigenvalue weighted by molar-refractivity contribution is 6.81. The van der Waals surface area contributed by atoms with Crippen molar-refractivity contribution < 1.29 is 14.0 Å². The zero-order chi connectivity index (χ0) is 18.0. The Bertz CT molecular complexity index is 426. The van der Waals surface area contributed by atoms with Gasteiger partial charge in [0.25, 0.3) is 0 Å². The molecule has 3 nitrogen and oxygen atoms in total. The van der Waals surface area contributed by atoms with Crippen molar-refractivity contribution in [1.29, 1.82) is 0 Å². The van der Waals surface area contributed by atoms with Crippen molar-refractivity contribution >= 4 is 22.4 Å². The van der Waals surface area contributed by atoms with Crippen LogP contribution in [-0.2, 0) is 14.0 Å². The van der Waals surface area contributed by atoms with Crippen LogP contribution in [0.4, 0.5) is 0 Å². The molecule has 2 atom stereocenters. The van der Waals surface area contributed by atoms with Gasteiger partial charge in [0, 0.05) is 10.8 Å². The molecular weight excluding hydrogens is 308 g/mol. The molecule has 5 heteroatoms. The van der Waals surface area contributed by atoms with Crippen LogP contribution in [0.5, 0.6) is 0 Å². The molecule has 0 spiro atoms. The number of hydrogen-bond acceptors (Lipinski definition) is 3. The Morgan fingerprint density at radius 2 is 1.41 bits per heavy atom. The number of carbonyl (C=O) groups is 1. The largest absolute Gasteiger partial charge is 0.457 e. The van der Waals surface area contributed by atoms with Crippen molar-refractivity contribution in [3.8, 4) is 0 Å². The molecule has 0 aromatic heterocycles. The van der Waals surface area contributed by atoms with E-state index >= 15 is 0 Å². The van der Waals surface area contributed by atoms with Crippen molar-refractivity contribution in [2.75, 3.05) is 0 Å². The van der Waals surface area contributed by atoms with E-state index in [1.807, 2.05) is 6.92 Å². The van der Waals surface area contributed by atoms with Gasteiger partial charge in [0.05, 0.1) is 8.07 Å². The lowest BCUT2D eigenvalue weighted by molar-refractivity contribution is -0.148. The molecule has 0 N–H and O–H groups in total. The predicted molar refractivity (Wildman–Crippen MR) is 100 cm³/mol. The lowest BCUT2D eigenvalue weighted by Crippen LogP contribution is -2.65. The fraction of sp³-hybridized carbons (Fsp3) is 0.824. The normalized spacial score (nSPS) is 18.3. The maximum atomic E-state index is 12.0. The molecular formula is C17H36O3Si2. The monoisotopic (exact) mass is 344 g/mol. The minimum atomic E-state index is -2.28. The Hall–Kier alpha value is -0.396. The van der Waals surface area contributed by atoms with Crippen LogP contribution in [0, 0.1) is 0 Å². The molecule has 22 heavy (non-hydrogen) atoms. The van der Waals surface area contributed by atoms with Gasteiger partial charge in [-0.1, -0.05) is 40.1 Å². The highest BCUT2D eigenvalue weighted by Gasteiger charge is 2.52. The predicted octanol–water partition coefficient (Wildman–Crippen LogP) is 5.08. The van der Waals surface area contributed by atoms with E-state index < -0.39 is 21.6 Å². The molecule has 0 aliphatic heterocycles. The van der Waals surface area contributed by atoms with Crippen molar-refractivity contribution in [2.45, 2.75) is 90.6 Å². The molecule has 0 saturated heterocycles. The first kappa shape index (κ1) is 21.6. The zero-order valence-corrected chi connectivity index (χ0v) is 18.3. The molecule has 0 fully saturated rings. The number of carbonyl (C=O) groups excluding carboxylic acids is 1. The summed E-state index contributed by atoms with van der Waals surface area (Å²) in [7, 11) is -3.80. The van der Waals surface area contributed by atoms with Gasteiger partial charge in [-0.25, -0.2) is 4.79 Å². The summed E-state index contributed by atoms with van der Waals surface area (Å²) < 4.78 is 12.6. The van der Waals surface area contributed by atoms with Gasteiger partial charge in [-0.3, -0.25) is 0 Å². The minimum absolute atomic E-state index is 0.116. The van der Waals surface area contributed by atoms with Crippen LogP contribution >= 0.6 is 0 Å². The maximum absolute atomic E-state index is 12.0. The molecule has 0 rings (SSSR count). The molecule has 0 saturated carbocycles. The number of hydrogen-bond donors (Lipinski definition) is 0. The second kappa shape index (κ2) is 7.01. The van der Waals surface area contributed by atoms with Gasteiger partial charge >= 0.3 is 5.97 Å². The van der Waals surface area contributed by atoms with Crippen LogP contribution in [-0.4, -0.2) is 32.8 Å². The van der Waals surface area contributed by atoms with Crippen molar-refractivity contribution in [1.82, 2.24) is 0 Å². The smallest absolute Gasteiger partial charge is 0.333 e. The molecule has 0 aromatic carbocycles. The third kappa shape index (κ3) is 4.55. The van der Waals surface area contributed by atoms with Gasteiger partial charge in [0.1, 0.15) is 5.22 Å². The van der Waals surface area contributed by atoms with E-state index in [2.05, 4.69) is 60.1 Å². The van der Waals surface area contributed by atoms with E-state index in [0.29, 0.717) is 5.57 Å². The summed E-state index contributed by atoms with van der Waals surface area (Å²) in [6.07, 6.45) is 1.73. The van der Waals surface area contributed by atoms with Gasteiger partial charge in [0.2, 0.25) is 8.32 Å². The summed E-state index contributed by atoms with van der Waals surface area (Å²) in [6, 6.07) is 0. The lowest BCUT2D eigenvalue weighted by Gasteiger charge is -2.50. The number of ether oxygens (including phenoxy) is 1. The van der Waals surface area contributed by atoms with Crippen molar-refractivity contribution in [3.63, 3.8) is 0 Å². The number of rotatable bonds is 8. The summed E-state index contributed by atoms with van der Waals surface area (Å²) >= 11 is 0. The fourth-order valence-electron chi connectivity index (χ4n) is 2.34. The molecule has 0 amide bonds. The Labute approximate surface area is 139 Å². The fourth-order valence-corrected chi connectivity index (χ4v) is 8.07. The highest BCUT2D eigenvalue weighted by atomic mass is 28.4. The summed E-state index contributed by atoms with van der Waals surface area (Å²) in [5.41, 5.74) is 0.438. The molecule has 2 unspecified atom stereocenters. The average molecular weight is 345 g/mol. The van der Waals surface area contributed by atoms with E-state index in [9.17, 15) is 4.79 Å². The molecule has 0 bridgehead atoms. The van der Waals surface area contributed by atoms with Crippen molar-refractivity contribution in [2.24, 2.45) is 0 Å². The molecule has 0 radical (unpaired) electrons. The summed E-state index contributed by atoms with van der Waals surface area (Å²) in [6.45, 7) is 25.2. The lowest BCUT2D eigenvalue weighted by atomic mass is 10.3. The highest BCUT2D eigenvalue weighted by Crippen LogP contribution is 2.38. The van der Waals surface area contributed by atoms with Gasteiger partial charge in [0.15, 0.2) is 0 Å². The molecule has 130 valence electrons.